The van der Waals surface area contributed by atoms with E-state index < -0.39 is 14.9 Å². The van der Waals surface area contributed by atoms with Crippen molar-refractivity contribution >= 4 is 8.80 Å². The Bertz CT molecular complexity index is 970. The Labute approximate surface area is 235 Å². The number of hydrogen-bond acceptors (Lipinski definition) is 8. The largest absolute Gasteiger partial charge is 0.500 e. The first-order chi connectivity index (χ1) is 18.6. The summed E-state index contributed by atoms with van der Waals surface area (Å²) < 4.78 is 33.6. The molecule has 0 aliphatic carbocycles. The summed E-state index contributed by atoms with van der Waals surface area (Å²) >= 11 is 0. The minimum atomic E-state index is -2.63. The van der Waals surface area contributed by atoms with E-state index in [-0.39, 0.29) is 18.1 Å². The lowest BCUT2D eigenvalue weighted by molar-refractivity contribution is 0.0638. The van der Waals surface area contributed by atoms with Gasteiger partial charge in [0.15, 0.2) is 0 Å². The van der Waals surface area contributed by atoms with Crippen LogP contribution < -0.4 is 9.47 Å². The summed E-state index contributed by atoms with van der Waals surface area (Å²) in [5.41, 5.74) is 2.21. The maximum atomic E-state index is 10.7. The van der Waals surface area contributed by atoms with E-state index in [0.717, 1.165) is 37.2 Å². The van der Waals surface area contributed by atoms with Crippen molar-refractivity contribution in [1.82, 2.24) is 4.90 Å². The molecule has 3 atom stereocenters. The summed E-state index contributed by atoms with van der Waals surface area (Å²) in [6.45, 7) is 12.5. The van der Waals surface area contributed by atoms with Crippen molar-refractivity contribution in [2.24, 2.45) is 5.92 Å². The fourth-order valence-corrected chi connectivity index (χ4v) is 6.75. The highest BCUT2D eigenvalue weighted by Gasteiger charge is 2.39. The SMILES string of the molecule is CCN(CC(C)C[Si](OC)(OC)OC)CC(O)COc1ccc(C(C)(C)c2ccc(OCC3CO3)cc2)cc1. The monoisotopic (exact) mass is 561 g/mol. The summed E-state index contributed by atoms with van der Waals surface area (Å²) in [5, 5.41) is 10.7. The van der Waals surface area contributed by atoms with Crippen LogP contribution in [0, 0.1) is 5.92 Å². The number of aliphatic hydroxyl groups excluding tert-OH is 1. The molecule has 0 bridgehead atoms. The molecule has 0 amide bonds. The van der Waals surface area contributed by atoms with Gasteiger partial charge in [0.1, 0.15) is 36.9 Å². The van der Waals surface area contributed by atoms with Crippen LogP contribution in [0.4, 0.5) is 0 Å². The molecule has 2 aromatic carbocycles. The van der Waals surface area contributed by atoms with E-state index >= 15 is 0 Å². The molecule has 1 aliphatic rings. The Hall–Kier alpha value is -1.98. The number of ether oxygens (including phenoxy) is 3. The van der Waals surface area contributed by atoms with E-state index in [1.807, 2.05) is 24.3 Å². The second-order valence-corrected chi connectivity index (χ2v) is 13.9. The second kappa shape index (κ2) is 14.6. The second-order valence-electron chi connectivity index (χ2n) is 10.9. The molecule has 1 aliphatic heterocycles. The van der Waals surface area contributed by atoms with Gasteiger partial charge in [-0.05, 0) is 47.9 Å². The van der Waals surface area contributed by atoms with Gasteiger partial charge >= 0.3 is 8.80 Å². The lowest BCUT2D eigenvalue weighted by Gasteiger charge is -2.31. The first kappa shape index (κ1) is 31.5. The number of rotatable bonds is 18. The van der Waals surface area contributed by atoms with Gasteiger partial charge in [-0.25, -0.2) is 0 Å². The van der Waals surface area contributed by atoms with Crippen molar-refractivity contribution in [3.8, 4) is 11.5 Å². The molecule has 1 N–H and O–H groups in total. The summed E-state index contributed by atoms with van der Waals surface area (Å²) in [6.07, 6.45) is -0.354. The van der Waals surface area contributed by atoms with Crippen molar-refractivity contribution < 1.29 is 32.6 Å². The van der Waals surface area contributed by atoms with E-state index in [2.05, 4.69) is 56.9 Å². The van der Waals surface area contributed by atoms with Crippen LogP contribution in [-0.4, -0.2) is 91.8 Å². The molecule has 8 nitrogen and oxygen atoms in total. The maximum absolute atomic E-state index is 10.7. The highest BCUT2D eigenvalue weighted by molar-refractivity contribution is 6.60. The number of hydrogen-bond donors (Lipinski definition) is 1. The van der Waals surface area contributed by atoms with Gasteiger partial charge in [0.25, 0.3) is 0 Å². The van der Waals surface area contributed by atoms with Gasteiger partial charge in [-0.3, -0.25) is 0 Å². The molecule has 39 heavy (non-hydrogen) atoms. The molecular formula is C30H47NO7Si. The molecule has 1 fully saturated rings. The number of benzene rings is 2. The van der Waals surface area contributed by atoms with Crippen molar-refractivity contribution in [1.29, 1.82) is 0 Å². The lowest BCUT2D eigenvalue weighted by Crippen LogP contribution is -2.46. The molecule has 0 radical (unpaired) electrons. The van der Waals surface area contributed by atoms with Crippen molar-refractivity contribution in [2.45, 2.75) is 51.4 Å². The van der Waals surface area contributed by atoms with Gasteiger partial charge in [0, 0.05) is 45.9 Å². The molecule has 3 rings (SSSR count). The normalized spacial score (nSPS) is 17.2. The molecule has 2 aromatic rings. The predicted molar refractivity (Wildman–Crippen MR) is 155 cm³/mol. The average Bonchev–Trinajstić information content (AvgIpc) is 3.78. The van der Waals surface area contributed by atoms with Gasteiger partial charge in [-0.2, -0.15) is 0 Å². The van der Waals surface area contributed by atoms with Crippen LogP contribution >= 0.6 is 0 Å². The van der Waals surface area contributed by atoms with Gasteiger partial charge < -0.3 is 37.5 Å². The highest BCUT2D eigenvalue weighted by atomic mass is 28.4. The minimum absolute atomic E-state index is 0.177. The summed E-state index contributed by atoms with van der Waals surface area (Å²) in [6, 6.07) is 17.1. The quantitative estimate of drug-likeness (QED) is 0.212. The zero-order valence-electron chi connectivity index (χ0n) is 24.6. The summed E-state index contributed by atoms with van der Waals surface area (Å²) in [5.74, 6) is 1.90. The summed E-state index contributed by atoms with van der Waals surface area (Å²) in [7, 11) is 2.28. The van der Waals surface area contributed by atoms with E-state index in [9.17, 15) is 5.11 Å². The highest BCUT2D eigenvalue weighted by Crippen LogP contribution is 2.33. The smallest absolute Gasteiger partial charge is 0.491 e. The molecule has 1 heterocycles. The summed E-state index contributed by atoms with van der Waals surface area (Å²) in [4.78, 5) is 2.22. The van der Waals surface area contributed by atoms with Gasteiger partial charge in [0.05, 0.1) is 6.61 Å². The number of aliphatic hydroxyl groups is 1. The molecule has 1 saturated heterocycles. The minimum Gasteiger partial charge on any atom is -0.491 e. The zero-order valence-corrected chi connectivity index (χ0v) is 25.6. The first-order valence-electron chi connectivity index (χ1n) is 13.8. The van der Waals surface area contributed by atoms with Crippen molar-refractivity contribution in [3.63, 3.8) is 0 Å². The fraction of sp³-hybridized carbons (Fsp3) is 0.600. The number of likely N-dealkylation sites (N-methyl/N-ethyl adjacent to an activating group) is 1. The molecular weight excluding hydrogens is 514 g/mol. The third-order valence-corrected chi connectivity index (χ3v) is 10.5. The van der Waals surface area contributed by atoms with Crippen molar-refractivity contribution in [3.05, 3.63) is 59.7 Å². The third kappa shape index (κ3) is 9.28. The fourth-order valence-electron chi connectivity index (χ4n) is 4.76. The van der Waals surface area contributed by atoms with Crippen LogP contribution in [0.3, 0.4) is 0 Å². The van der Waals surface area contributed by atoms with Gasteiger partial charge in [-0.15, -0.1) is 0 Å². The Morgan fingerprint density at radius 1 is 0.923 bits per heavy atom. The molecule has 0 saturated carbocycles. The number of epoxide rings is 1. The molecule has 0 aromatic heterocycles. The topological polar surface area (TPSA) is 82.2 Å². The third-order valence-electron chi connectivity index (χ3n) is 7.45. The Balaban J connectivity index is 1.48. The molecule has 0 spiro atoms. The van der Waals surface area contributed by atoms with Gasteiger partial charge in [-0.1, -0.05) is 52.0 Å². The zero-order chi connectivity index (χ0) is 28.5. The Morgan fingerprint density at radius 3 is 1.90 bits per heavy atom. The molecule has 3 unspecified atom stereocenters. The van der Waals surface area contributed by atoms with E-state index in [4.69, 9.17) is 27.5 Å². The molecule has 218 valence electrons. The Morgan fingerprint density at radius 2 is 1.44 bits per heavy atom. The van der Waals surface area contributed by atoms with E-state index in [0.29, 0.717) is 19.1 Å². The lowest BCUT2D eigenvalue weighted by atomic mass is 9.78. The average molecular weight is 562 g/mol. The molecule has 9 heteroatoms. The van der Waals surface area contributed by atoms with Crippen molar-refractivity contribution in [2.75, 3.05) is 60.8 Å². The predicted octanol–water partition coefficient (Wildman–Crippen LogP) is 4.37. The van der Waals surface area contributed by atoms with E-state index in [1.54, 1.807) is 21.3 Å². The van der Waals surface area contributed by atoms with Crippen LogP contribution in [0.1, 0.15) is 38.8 Å². The van der Waals surface area contributed by atoms with Crippen LogP contribution in [0.5, 0.6) is 11.5 Å². The van der Waals surface area contributed by atoms with Gasteiger partial charge in [0.2, 0.25) is 0 Å². The van der Waals surface area contributed by atoms with Crippen LogP contribution in [0.2, 0.25) is 6.04 Å². The number of nitrogens with zero attached hydrogens (tertiary/aromatic N) is 1. The Kier molecular flexibility index (Phi) is 11.8. The maximum Gasteiger partial charge on any atom is 0.500 e. The van der Waals surface area contributed by atoms with Crippen LogP contribution in [0.15, 0.2) is 48.5 Å². The standard InChI is InChI=1S/C30H47NO7Si/c1-8-31(17-23(2)22-39(33-5,34-6)35-7)18-26(32)19-36-27-13-9-24(10-14-27)30(3,4)25-11-15-28(16-12-25)37-20-29-21-38-29/h9-16,23,26,29,32H,8,17-22H2,1-7H3. The van der Waals surface area contributed by atoms with Crippen LogP contribution in [0.25, 0.3) is 0 Å². The van der Waals surface area contributed by atoms with Crippen LogP contribution in [-0.2, 0) is 23.4 Å². The van der Waals surface area contributed by atoms with E-state index in [1.165, 1.54) is 11.1 Å². The first-order valence-corrected chi connectivity index (χ1v) is 15.7.